The lowest BCUT2D eigenvalue weighted by Crippen LogP contribution is -2.44. The van der Waals surface area contributed by atoms with Gasteiger partial charge in [0, 0.05) is 36.1 Å². The normalized spacial score (nSPS) is 21.7. The summed E-state index contributed by atoms with van der Waals surface area (Å²) in [4.78, 5) is 27.5. The molecule has 2 aromatic carbocycles. The number of carbonyl (C=O) groups excluding carboxylic acids is 2. The minimum Gasteiger partial charge on any atom is -0.294 e. The quantitative estimate of drug-likeness (QED) is 0.723. The lowest BCUT2D eigenvalue weighted by molar-refractivity contribution is -0.121. The van der Waals surface area contributed by atoms with E-state index in [1.807, 2.05) is 44.2 Å². The number of anilines is 1. The third kappa shape index (κ3) is 3.15. The van der Waals surface area contributed by atoms with Crippen LogP contribution in [0.5, 0.6) is 0 Å². The molecule has 0 saturated carbocycles. The summed E-state index contributed by atoms with van der Waals surface area (Å²) < 4.78 is 27.9. The molecule has 3 nitrogen and oxygen atoms in total. The van der Waals surface area contributed by atoms with E-state index in [1.54, 1.807) is 0 Å². The first-order valence-corrected chi connectivity index (χ1v) is 9.36. The van der Waals surface area contributed by atoms with E-state index >= 15 is 0 Å². The van der Waals surface area contributed by atoms with Gasteiger partial charge in [-0.2, -0.15) is 0 Å². The average molecular weight is 381 g/mol. The van der Waals surface area contributed by atoms with Crippen LogP contribution in [0, 0.1) is 17.0 Å². The van der Waals surface area contributed by atoms with Crippen LogP contribution >= 0.6 is 0 Å². The summed E-state index contributed by atoms with van der Waals surface area (Å²) in [7, 11) is 0. The fraction of sp³-hybridized carbons (Fsp3) is 0.304. The van der Waals surface area contributed by atoms with Crippen LogP contribution in [0.25, 0.3) is 0 Å². The van der Waals surface area contributed by atoms with Crippen molar-refractivity contribution in [2.24, 2.45) is 5.41 Å². The van der Waals surface area contributed by atoms with Crippen LogP contribution in [0.2, 0.25) is 0 Å². The molecular formula is C23H21F2NO2. The molecule has 28 heavy (non-hydrogen) atoms. The van der Waals surface area contributed by atoms with E-state index in [4.69, 9.17) is 0 Å². The zero-order chi connectivity index (χ0) is 20.1. The van der Waals surface area contributed by atoms with Crippen molar-refractivity contribution in [2.75, 3.05) is 4.90 Å². The molecule has 5 heteroatoms. The first-order valence-electron chi connectivity index (χ1n) is 9.36. The molecule has 0 radical (unpaired) electrons. The Labute approximate surface area is 162 Å². The number of allylic oxidation sites excluding steroid dienone is 2. The second kappa shape index (κ2) is 6.66. The summed E-state index contributed by atoms with van der Waals surface area (Å²) >= 11 is 0. The van der Waals surface area contributed by atoms with Crippen molar-refractivity contribution in [3.63, 3.8) is 0 Å². The highest BCUT2D eigenvalue weighted by Crippen LogP contribution is 2.48. The predicted molar refractivity (Wildman–Crippen MR) is 103 cm³/mol. The van der Waals surface area contributed by atoms with Gasteiger partial charge in [-0.25, -0.2) is 8.78 Å². The number of carbonyl (C=O) groups is 2. The zero-order valence-electron chi connectivity index (χ0n) is 15.8. The van der Waals surface area contributed by atoms with Gasteiger partial charge in [-0.05, 0) is 29.5 Å². The highest BCUT2D eigenvalue weighted by atomic mass is 19.1. The Morgan fingerprint density at radius 2 is 1.71 bits per heavy atom. The van der Waals surface area contributed by atoms with Gasteiger partial charge in [-0.15, -0.1) is 0 Å². The number of nitrogens with zero attached hydrogens (tertiary/aromatic N) is 1. The van der Waals surface area contributed by atoms with Crippen LogP contribution in [-0.2, 0) is 9.59 Å². The second-order valence-electron chi connectivity index (χ2n) is 8.29. The molecule has 0 N–H and O–H groups in total. The van der Waals surface area contributed by atoms with Gasteiger partial charge < -0.3 is 0 Å². The first-order chi connectivity index (χ1) is 13.3. The maximum Gasteiger partial charge on any atom is 0.232 e. The van der Waals surface area contributed by atoms with E-state index in [2.05, 4.69) is 0 Å². The van der Waals surface area contributed by atoms with Crippen molar-refractivity contribution in [3.8, 4) is 0 Å². The number of hydrogen-bond donors (Lipinski definition) is 0. The van der Waals surface area contributed by atoms with Gasteiger partial charge in [-0.1, -0.05) is 44.2 Å². The van der Waals surface area contributed by atoms with Gasteiger partial charge in [0.2, 0.25) is 5.91 Å². The van der Waals surface area contributed by atoms with E-state index in [0.717, 1.165) is 17.7 Å². The van der Waals surface area contributed by atoms with Crippen molar-refractivity contribution in [2.45, 2.75) is 39.0 Å². The summed E-state index contributed by atoms with van der Waals surface area (Å²) in [6.07, 6.45) is 0.925. The number of halogens is 2. The minimum atomic E-state index is -0.811. The number of Topliss-reactive ketones (excluding diaryl/α,β-unsaturated/α-hetero) is 1. The average Bonchev–Trinajstić information content (AvgIpc) is 2.62. The molecule has 4 rings (SSSR count). The number of ketones is 1. The van der Waals surface area contributed by atoms with Crippen molar-refractivity contribution in [1.82, 2.24) is 0 Å². The molecule has 144 valence electrons. The van der Waals surface area contributed by atoms with Crippen LogP contribution in [0.3, 0.4) is 0 Å². The van der Waals surface area contributed by atoms with Crippen LogP contribution in [0.4, 0.5) is 14.5 Å². The molecule has 1 heterocycles. The van der Waals surface area contributed by atoms with E-state index in [9.17, 15) is 18.4 Å². The van der Waals surface area contributed by atoms with Gasteiger partial charge in [0.15, 0.2) is 5.78 Å². The zero-order valence-corrected chi connectivity index (χ0v) is 15.8. The van der Waals surface area contributed by atoms with Gasteiger partial charge >= 0.3 is 0 Å². The minimum absolute atomic E-state index is 0.00379. The van der Waals surface area contributed by atoms with Crippen LogP contribution in [0.1, 0.15) is 44.6 Å². The van der Waals surface area contributed by atoms with E-state index in [1.165, 1.54) is 11.0 Å². The number of benzene rings is 2. The maximum absolute atomic E-state index is 14.5. The molecule has 1 unspecified atom stereocenters. The van der Waals surface area contributed by atoms with Gasteiger partial charge in [0.25, 0.3) is 0 Å². The summed E-state index contributed by atoms with van der Waals surface area (Å²) in [6.45, 7) is 3.93. The molecule has 1 amide bonds. The fourth-order valence-electron chi connectivity index (χ4n) is 4.33. The number of amides is 1. The number of hydrogen-bond acceptors (Lipinski definition) is 2. The summed E-state index contributed by atoms with van der Waals surface area (Å²) in [5.41, 5.74) is 1.67. The number of rotatable bonds is 2. The molecular weight excluding hydrogens is 360 g/mol. The Hall–Kier alpha value is -2.82. The molecule has 1 aliphatic carbocycles. The molecule has 0 aromatic heterocycles. The molecule has 0 bridgehead atoms. The summed E-state index contributed by atoms with van der Waals surface area (Å²) in [6, 6.07) is 12.6. The predicted octanol–water partition coefficient (Wildman–Crippen LogP) is 5.13. The van der Waals surface area contributed by atoms with E-state index in [0.29, 0.717) is 24.1 Å². The summed E-state index contributed by atoms with van der Waals surface area (Å²) in [5, 5.41) is 0. The van der Waals surface area contributed by atoms with Crippen LogP contribution < -0.4 is 4.90 Å². The molecule has 0 saturated heterocycles. The third-order valence-corrected chi connectivity index (χ3v) is 5.50. The SMILES string of the molecule is CC1(C)CC(=O)C2=C(C1)N(c1ccc(F)cc1F)C(=O)CC2c1ccccc1. The third-order valence-electron chi connectivity index (χ3n) is 5.50. The largest absolute Gasteiger partial charge is 0.294 e. The van der Waals surface area contributed by atoms with Gasteiger partial charge in [-0.3, -0.25) is 14.5 Å². The van der Waals surface area contributed by atoms with Crippen molar-refractivity contribution >= 4 is 17.4 Å². The Morgan fingerprint density at radius 3 is 2.39 bits per heavy atom. The Morgan fingerprint density at radius 1 is 1.00 bits per heavy atom. The van der Waals surface area contributed by atoms with Crippen molar-refractivity contribution in [3.05, 3.63) is 77.0 Å². The van der Waals surface area contributed by atoms with E-state index < -0.39 is 11.6 Å². The van der Waals surface area contributed by atoms with Crippen LogP contribution in [0.15, 0.2) is 59.8 Å². The Bertz CT molecular complexity index is 995. The molecule has 1 aliphatic heterocycles. The van der Waals surface area contributed by atoms with E-state index in [-0.39, 0.29) is 35.1 Å². The molecule has 0 spiro atoms. The lowest BCUT2D eigenvalue weighted by Gasteiger charge is -2.43. The smallest absolute Gasteiger partial charge is 0.232 e. The molecule has 1 atom stereocenters. The lowest BCUT2D eigenvalue weighted by atomic mass is 9.69. The van der Waals surface area contributed by atoms with Gasteiger partial charge in [0.1, 0.15) is 11.6 Å². The highest BCUT2D eigenvalue weighted by molar-refractivity contribution is 6.07. The van der Waals surface area contributed by atoms with Gasteiger partial charge in [0.05, 0.1) is 5.69 Å². The fourth-order valence-corrected chi connectivity index (χ4v) is 4.33. The molecule has 2 aromatic rings. The monoisotopic (exact) mass is 381 g/mol. The Kier molecular flexibility index (Phi) is 4.41. The maximum atomic E-state index is 14.5. The standard InChI is InChI=1S/C23H21F2NO2/c1-23(2)12-19-22(20(27)13-23)16(14-6-4-3-5-7-14)11-21(28)26(19)18-9-8-15(24)10-17(18)25/h3-10,16H,11-13H2,1-2H3. The molecule has 2 aliphatic rings. The van der Waals surface area contributed by atoms with Crippen molar-refractivity contribution in [1.29, 1.82) is 0 Å². The first kappa shape index (κ1) is 18.5. The van der Waals surface area contributed by atoms with Crippen molar-refractivity contribution < 1.29 is 18.4 Å². The topological polar surface area (TPSA) is 37.4 Å². The second-order valence-corrected chi connectivity index (χ2v) is 8.29. The highest BCUT2D eigenvalue weighted by Gasteiger charge is 2.44. The molecule has 0 fully saturated rings. The Balaban J connectivity index is 1.92. The van der Waals surface area contributed by atoms with Crippen LogP contribution in [-0.4, -0.2) is 11.7 Å². The summed E-state index contributed by atoms with van der Waals surface area (Å²) in [5.74, 6) is -2.16.